The molecule has 0 saturated heterocycles. The van der Waals surface area contributed by atoms with Crippen LogP contribution in [-0.2, 0) is 9.59 Å². The van der Waals surface area contributed by atoms with Gasteiger partial charge in [-0.25, -0.2) is 4.39 Å². The summed E-state index contributed by atoms with van der Waals surface area (Å²) in [5.74, 6) is -1.51. The van der Waals surface area contributed by atoms with Crippen molar-refractivity contribution in [1.29, 1.82) is 0 Å². The molecule has 0 aliphatic carbocycles. The zero-order valence-electron chi connectivity index (χ0n) is 22.0. The number of hydrogen-bond donors (Lipinski definition) is 3. The van der Waals surface area contributed by atoms with Gasteiger partial charge in [0, 0.05) is 21.8 Å². The molecule has 202 valence electrons. The molecule has 4 aromatic carbocycles. The van der Waals surface area contributed by atoms with Crippen LogP contribution >= 0.6 is 11.8 Å². The molecule has 0 spiro atoms. The average Bonchev–Trinajstić information content (AvgIpc) is 2.94. The van der Waals surface area contributed by atoms with Gasteiger partial charge in [-0.15, -0.1) is 11.8 Å². The van der Waals surface area contributed by atoms with E-state index in [0.29, 0.717) is 16.9 Å². The van der Waals surface area contributed by atoms with Gasteiger partial charge in [0.25, 0.3) is 11.8 Å². The highest BCUT2D eigenvalue weighted by atomic mass is 32.2. The van der Waals surface area contributed by atoms with Gasteiger partial charge >= 0.3 is 0 Å². The molecule has 0 bridgehead atoms. The molecule has 0 aromatic heterocycles. The van der Waals surface area contributed by atoms with E-state index in [9.17, 15) is 18.8 Å². The van der Waals surface area contributed by atoms with Gasteiger partial charge in [-0.1, -0.05) is 54.1 Å². The SMILES string of the molecule is Cc1cccc(/C=C(/NC(=O)c2ccccc2)C(=O)Nc2cccc(SC(C)C(=O)Nc3ccc(F)cc3)c2)c1. The van der Waals surface area contributed by atoms with Gasteiger partial charge in [0.2, 0.25) is 5.91 Å². The van der Waals surface area contributed by atoms with E-state index >= 15 is 0 Å². The Morgan fingerprint density at radius 3 is 2.25 bits per heavy atom. The molecule has 0 aliphatic heterocycles. The van der Waals surface area contributed by atoms with Crippen molar-refractivity contribution < 1.29 is 18.8 Å². The summed E-state index contributed by atoms with van der Waals surface area (Å²) in [6, 6.07) is 28.9. The van der Waals surface area contributed by atoms with Crippen LogP contribution in [0.1, 0.15) is 28.4 Å². The normalized spacial score (nSPS) is 11.8. The van der Waals surface area contributed by atoms with Gasteiger partial charge < -0.3 is 16.0 Å². The lowest BCUT2D eigenvalue weighted by Gasteiger charge is -2.14. The molecule has 0 radical (unpaired) electrons. The second-order valence-corrected chi connectivity index (χ2v) is 10.4. The van der Waals surface area contributed by atoms with E-state index in [0.717, 1.165) is 16.0 Å². The number of nitrogens with one attached hydrogen (secondary N) is 3. The average molecular weight is 554 g/mol. The van der Waals surface area contributed by atoms with E-state index < -0.39 is 17.1 Å². The molecular formula is C32H28FN3O3S. The van der Waals surface area contributed by atoms with Crippen LogP contribution in [-0.4, -0.2) is 23.0 Å². The third-order valence-electron chi connectivity index (χ3n) is 5.77. The van der Waals surface area contributed by atoms with Crippen molar-refractivity contribution in [2.75, 3.05) is 10.6 Å². The summed E-state index contributed by atoms with van der Waals surface area (Å²) in [4.78, 5) is 39.6. The topological polar surface area (TPSA) is 87.3 Å². The fraction of sp³-hybridized carbons (Fsp3) is 0.0938. The molecule has 40 heavy (non-hydrogen) atoms. The number of rotatable bonds is 9. The molecule has 4 aromatic rings. The predicted molar refractivity (Wildman–Crippen MR) is 158 cm³/mol. The Labute approximate surface area is 236 Å². The summed E-state index contributed by atoms with van der Waals surface area (Å²) in [6.45, 7) is 3.71. The van der Waals surface area contributed by atoms with Gasteiger partial charge in [-0.2, -0.15) is 0 Å². The Kier molecular flexibility index (Phi) is 9.48. The lowest BCUT2D eigenvalue weighted by molar-refractivity contribution is -0.115. The van der Waals surface area contributed by atoms with Crippen LogP contribution < -0.4 is 16.0 Å². The minimum Gasteiger partial charge on any atom is -0.325 e. The number of amides is 3. The molecular weight excluding hydrogens is 525 g/mol. The maximum Gasteiger partial charge on any atom is 0.272 e. The first-order valence-corrected chi connectivity index (χ1v) is 13.4. The van der Waals surface area contributed by atoms with E-state index in [1.165, 1.54) is 36.0 Å². The van der Waals surface area contributed by atoms with E-state index in [4.69, 9.17) is 0 Å². The van der Waals surface area contributed by atoms with Crippen LogP contribution in [0.5, 0.6) is 0 Å². The third kappa shape index (κ3) is 8.15. The highest BCUT2D eigenvalue weighted by Crippen LogP contribution is 2.27. The Balaban J connectivity index is 1.47. The molecule has 6 nitrogen and oxygen atoms in total. The van der Waals surface area contributed by atoms with Gasteiger partial charge in [-0.05, 0) is 80.1 Å². The second-order valence-electron chi connectivity index (χ2n) is 9.03. The van der Waals surface area contributed by atoms with Crippen LogP contribution in [0.3, 0.4) is 0 Å². The van der Waals surface area contributed by atoms with E-state index in [2.05, 4.69) is 16.0 Å². The summed E-state index contributed by atoms with van der Waals surface area (Å²) in [5, 5.41) is 7.89. The van der Waals surface area contributed by atoms with Crippen molar-refractivity contribution in [3.05, 3.63) is 131 Å². The highest BCUT2D eigenvalue weighted by molar-refractivity contribution is 8.00. The van der Waals surface area contributed by atoms with Crippen molar-refractivity contribution >= 4 is 46.9 Å². The number of anilines is 2. The van der Waals surface area contributed by atoms with Crippen LogP contribution in [0.25, 0.3) is 6.08 Å². The molecule has 3 amide bonds. The molecule has 4 rings (SSSR count). The van der Waals surface area contributed by atoms with Crippen molar-refractivity contribution in [1.82, 2.24) is 5.32 Å². The largest absolute Gasteiger partial charge is 0.325 e. The fourth-order valence-corrected chi connectivity index (χ4v) is 4.68. The van der Waals surface area contributed by atoms with Crippen LogP contribution in [0.15, 0.2) is 114 Å². The van der Waals surface area contributed by atoms with E-state index in [1.54, 1.807) is 55.5 Å². The summed E-state index contributed by atoms with van der Waals surface area (Å²) in [6.07, 6.45) is 1.63. The minimum absolute atomic E-state index is 0.0875. The Morgan fingerprint density at radius 1 is 0.800 bits per heavy atom. The summed E-state index contributed by atoms with van der Waals surface area (Å²) >= 11 is 1.31. The van der Waals surface area contributed by atoms with Crippen LogP contribution in [0.4, 0.5) is 15.8 Å². The quantitative estimate of drug-likeness (QED) is 0.160. The second kappa shape index (κ2) is 13.4. The van der Waals surface area contributed by atoms with Crippen molar-refractivity contribution in [3.8, 4) is 0 Å². The molecule has 8 heteroatoms. The zero-order valence-corrected chi connectivity index (χ0v) is 22.8. The lowest BCUT2D eigenvalue weighted by Crippen LogP contribution is -2.30. The minimum atomic E-state index is -0.491. The number of hydrogen-bond acceptors (Lipinski definition) is 4. The van der Waals surface area contributed by atoms with E-state index in [-0.39, 0.29) is 17.4 Å². The molecule has 1 atom stereocenters. The molecule has 0 fully saturated rings. The standard InChI is InChI=1S/C32H28FN3O3S/c1-21-8-6-9-23(18-21)19-29(36-31(38)24-10-4-3-5-11-24)32(39)35-27-12-7-13-28(20-27)40-22(2)30(37)34-26-16-14-25(33)15-17-26/h3-20,22H,1-2H3,(H,34,37)(H,35,39)(H,36,38)/b29-19+. The van der Waals surface area contributed by atoms with Crippen molar-refractivity contribution in [2.45, 2.75) is 24.0 Å². The van der Waals surface area contributed by atoms with Gasteiger partial charge in [-0.3, -0.25) is 14.4 Å². The van der Waals surface area contributed by atoms with Crippen LogP contribution in [0.2, 0.25) is 0 Å². The Hall–Kier alpha value is -4.69. The maximum absolute atomic E-state index is 13.3. The predicted octanol–water partition coefficient (Wildman–Crippen LogP) is 6.66. The number of aryl methyl sites for hydroxylation is 1. The molecule has 1 unspecified atom stereocenters. The number of carbonyl (C=O) groups excluding carboxylic acids is 3. The Bertz CT molecular complexity index is 1540. The lowest BCUT2D eigenvalue weighted by atomic mass is 10.1. The van der Waals surface area contributed by atoms with Crippen molar-refractivity contribution in [3.63, 3.8) is 0 Å². The third-order valence-corrected chi connectivity index (χ3v) is 6.86. The Morgan fingerprint density at radius 2 is 1.52 bits per heavy atom. The fourth-order valence-electron chi connectivity index (χ4n) is 3.75. The summed E-state index contributed by atoms with van der Waals surface area (Å²) in [7, 11) is 0. The zero-order chi connectivity index (χ0) is 28.5. The molecule has 0 aliphatic rings. The smallest absolute Gasteiger partial charge is 0.272 e. The number of halogens is 1. The van der Waals surface area contributed by atoms with Gasteiger partial charge in [0.05, 0.1) is 5.25 Å². The highest BCUT2D eigenvalue weighted by Gasteiger charge is 2.17. The van der Waals surface area contributed by atoms with Crippen molar-refractivity contribution in [2.24, 2.45) is 0 Å². The first kappa shape index (κ1) is 28.3. The summed E-state index contributed by atoms with van der Waals surface area (Å²) < 4.78 is 13.1. The monoisotopic (exact) mass is 553 g/mol. The summed E-state index contributed by atoms with van der Waals surface area (Å²) in [5.41, 5.74) is 3.31. The number of carbonyl (C=O) groups is 3. The first-order valence-electron chi connectivity index (χ1n) is 12.6. The molecule has 3 N–H and O–H groups in total. The molecule has 0 heterocycles. The van der Waals surface area contributed by atoms with Gasteiger partial charge in [0.1, 0.15) is 11.5 Å². The maximum atomic E-state index is 13.3. The first-order chi connectivity index (χ1) is 19.3. The van der Waals surface area contributed by atoms with E-state index in [1.807, 2.05) is 43.3 Å². The number of benzene rings is 4. The number of thioether (sulfide) groups is 1. The van der Waals surface area contributed by atoms with Crippen LogP contribution in [0, 0.1) is 12.7 Å². The molecule has 0 saturated carbocycles. The van der Waals surface area contributed by atoms with Gasteiger partial charge in [0.15, 0.2) is 0 Å².